The Kier molecular flexibility index (Phi) is 4.84. The van der Waals surface area contributed by atoms with Crippen molar-refractivity contribution < 1.29 is 4.79 Å². The van der Waals surface area contributed by atoms with Crippen LogP contribution < -0.4 is 5.32 Å². The minimum atomic E-state index is -0.0554. The average Bonchev–Trinajstić information content (AvgIpc) is 3.28. The molecule has 5 nitrogen and oxygen atoms in total. The van der Waals surface area contributed by atoms with Crippen molar-refractivity contribution in [3.05, 3.63) is 63.7 Å². The van der Waals surface area contributed by atoms with Gasteiger partial charge in [-0.05, 0) is 48.9 Å². The highest BCUT2D eigenvalue weighted by atomic mass is 32.1. The molecule has 0 aromatic carbocycles. The zero-order valence-corrected chi connectivity index (χ0v) is 15.6. The number of carbonyl (C=O) groups is 1. The number of carbonyl (C=O) groups excluding carboxylic acids is 1. The Bertz CT molecular complexity index is 900. The molecule has 0 bridgehead atoms. The molecular formula is C20H22N4OS. The van der Waals surface area contributed by atoms with Crippen molar-refractivity contribution >= 4 is 23.1 Å². The monoisotopic (exact) mass is 366 g/mol. The standard InChI is InChI=1S/C20H22N4OS/c1-2-14-6-7-17-15(11-14)12-18(26-17)20(25)23-19-8-10-22-24(19)13-16-5-3-4-9-21-16/h3-5,8-10,12,14H,2,6-7,11,13H2,1H3,(H,23,25)/t14-/m1/s1. The normalized spacial score (nSPS) is 16.3. The molecule has 0 fully saturated rings. The molecule has 1 aliphatic rings. The number of nitrogens with one attached hydrogen (secondary N) is 1. The van der Waals surface area contributed by atoms with Gasteiger partial charge >= 0.3 is 0 Å². The molecule has 6 heteroatoms. The maximum Gasteiger partial charge on any atom is 0.266 e. The molecule has 3 heterocycles. The zero-order valence-electron chi connectivity index (χ0n) is 14.8. The van der Waals surface area contributed by atoms with E-state index in [2.05, 4.69) is 28.4 Å². The highest BCUT2D eigenvalue weighted by molar-refractivity contribution is 7.14. The third-order valence-corrected chi connectivity index (χ3v) is 6.22. The van der Waals surface area contributed by atoms with E-state index in [1.807, 2.05) is 24.3 Å². The van der Waals surface area contributed by atoms with Gasteiger partial charge in [-0.15, -0.1) is 11.3 Å². The van der Waals surface area contributed by atoms with Crippen LogP contribution in [0.3, 0.4) is 0 Å². The van der Waals surface area contributed by atoms with Gasteiger partial charge in [-0.2, -0.15) is 5.10 Å². The van der Waals surface area contributed by atoms with Crippen molar-refractivity contribution in [2.24, 2.45) is 5.92 Å². The van der Waals surface area contributed by atoms with Crippen molar-refractivity contribution in [1.82, 2.24) is 14.8 Å². The average molecular weight is 366 g/mol. The SMILES string of the molecule is CC[C@@H]1CCc2sc(C(=O)Nc3ccnn3Cc3ccccn3)cc2C1. The topological polar surface area (TPSA) is 59.8 Å². The maximum atomic E-state index is 12.7. The summed E-state index contributed by atoms with van der Waals surface area (Å²) in [5.74, 6) is 1.39. The van der Waals surface area contributed by atoms with Crippen LogP contribution >= 0.6 is 11.3 Å². The molecule has 0 radical (unpaired) electrons. The Hall–Kier alpha value is -2.47. The smallest absolute Gasteiger partial charge is 0.266 e. The molecule has 4 rings (SSSR count). The van der Waals surface area contributed by atoms with Crippen molar-refractivity contribution in [2.75, 3.05) is 5.32 Å². The summed E-state index contributed by atoms with van der Waals surface area (Å²) in [6.45, 7) is 2.78. The van der Waals surface area contributed by atoms with E-state index in [9.17, 15) is 4.79 Å². The Balaban J connectivity index is 1.48. The van der Waals surface area contributed by atoms with Gasteiger partial charge in [-0.1, -0.05) is 19.4 Å². The highest BCUT2D eigenvalue weighted by Gasteiger charge is 2.22. The molecule has 26 heavy (non-hydrogen) atoms. The number of aryl methyl sites for hydroxylation is 1. The molecule has 0 unspecified atom stereocenters. The molecule has 3 aromatic rings. The van der Waals surface area contributed by atoms with Crippen molar-refractivity contribution in [3.63, 3.8) is 0 Å². The molecule has 1 N–H and O–H groups in total. The molecule has 0 spiro atoms. The second kappa shape index (κ2) is 7.41. The van der Waals surface area contributed by atoms with Crippen molar-refractivity contribution in [3.8, 4) is 0 Å². The number of aromatic nitrogens is 3. The molecule has 134 valence electrons. The van der Waals surface area contributed by atoms with Gasteiger partial charge in [-0.25, -0.2) is 4.68 Å². The van der Waals surface area contributed by atoms with Gasteiger partial charge in [0.25, 0.3) is 5.91 Å². The molecule has 1 atom stereocenters. The Labute approximate surface area is 157 Å². The van der Waals surface area contributed by atoms with E-state index < -0.39 is 0 Å². The van der Waals surface area contributed by atoms with E-state index in [1.165, 1.54) is 23.3 Å². The van der Waals surface area contributed by atoms with Crippen LogP contribution in [0.5, 0.6) is 0 Å². The summed E-state index contributed by atoms with van der Waals surface area (Å²) in [7, 11) is 0. The Morgan fingerprint density at radius 3 is 3.08 bits per heavy atom. The van der Waals surface area contributed by atoms with E-state index in [4.69, 9.17) is 0 Å². The lowest BCUT2D eigenvalue weighted by atomic mass is 9.87. The number of pyridine rings is 1. The molecule has 3 aromatic heterocycles. The van der Waals surface area contributed by atoms with Crippen LogP contribution in [0.1, 0.15) is 45.6 Å². The van der Waals surface area contributed by atoms with Crippen LogP contribution in [-0.2, 0) is 19.4 Å². The Morgan fingerprint density at radius 1 is 1.35 bits per heavy atom. The number of anilines is 1. The quantitative estimate of drug-likeness (QED) is 0.738. The van der Waals surface area contributed by atoms with Gasteiger partial charge < -0.3 is 5.32 Å². The second-order valence-corrected chi connectivity index (χ2v) is 7.86. The van der Waals surface area contributed by atoms with E-state index in [-0.39, 0.29) is 5.91 Å². The van der Waals surface area contributed by atoms with E-state index >= 15 is 0 Å². The lowest BCUT2D eigenvalue weighted by Crippen LogP contribution is -2.15. The number of hydrogen-bond donors (Lipinski definition) is 1. The number of fused-ring (bicyclic) bond motifs is 1. The fourth-order valence-corrected chi connectivity index (χ4v) is 4.55. The summed E-state index contributed by atoms with van der Waals surface area (Å²) in [4.78, 5) is 19.2. The third kappa shape index (κ3) is 3.55. The summed E-state index contributed by atoms with van der Waals surface area (Å²) in [5, 5.41) is 7.32. The molecule has 0 saturated heterocycles. The second-order valence-electron chi connectivity index (χ2n) is 6.73. The minimum absolute atomic E-state index is 0.0554. The first kappa shape index (κ1) is 17.0. The number of thiophene rings is 1. The molecule has 1 aliphatic carbocycles. The fourth-order valence-electron chi connectivity index (χ4n) is 3.45. The van der Waals surface area contributed by atoms with Crippen LogP contribution in [0.15, 0.2) is 42.7 Å². The summed E-state index contributed by atoms with van der Waals surface area (Å²) >= 11 is 1.63. The van der Waals surface area contributed by atoms with Gasteiger partial charge in [0, 0.05) is 17.1 Å². The number of amides is 1. The lowest BCUT2D eigenvalue weighted by Gasteiger charge is -2.19. The maximum absolute atomic E-state index is 12.7. The number of nitrogens with zero attached hydrogens (tertiary/aromatic N) is 3. The minimum Gasteiger partial charge on any atom is -0.306 e. The zero-order chi connectivity index (χ0) is 17.9. The first-order valence-electron chi connectivity index (χ1n) is 9.07. The summed E-state index contributed by atoms with van der Waals surface area (Å²) in [6, 6.07) is 9.68. The van der Waals surface area contributed by atoms with Crippen molar-refractivity contribution in [1.29, 1.82) is 0 Å². The van der Waals surface area contributed by atoms with Gasteiger partial charge in [-0.3, -0.25) is 9.78 Å². The molecular weight excluding hydrogens is 344 g/mol. The molecule has 0 aliphatic heterocycles. The van der Waals surface area contributed by atoms with Gasteiger partial charge in [0.05, 0.1) is 23.3 Å². The van der Waals surface area contributed by atoms with Crippen LogP contribution in [-0.4, -0.2) is 20.7 Å². The van der Waals surface area contributed by atoms with Gasteiger partial charge in [0.1, 0.15) is 5.82 Å². The summed E-state index contributed by atoms with van der Waals surface area (Å²) in [5.41, 5.74) is 2.27. The summed E-state index contributed by atoms with van der Waals surface area (Å²) in [6.07, 6.45) is 8.11. The third-order valence-electron chi connectivity index (χ3n) is 4.98. The van der Waals surface area contributed by atoms with Gasteiger partial charge in [0.2, 0.25) is 0 Å². The Morgan fingerprint density at radius 2 is 2.27 bits per heavy atom. The molecule has 0 saturated carbocycles. The highest BCUT2D eigenvalue weighted by Crippen LogP contribution is 2.33. The van der Waals surface area contributed by atoms with Crippen LogP contribution in [0.4, 0.5) is 5.82 Å². The predicted octanol–water partition coefficient (Wildman–Crippen LogP) is 4.16. The first-order valence-corrected chi connectivity index (χ1v) is 9.89. The van der Waals surface area contributed by atoms with E-state index in [0.29, 0.717) is 12.4 Å². The number of rotatable bonds is 5. The predicted molar refractivity (Wildman–Crippen MR) is 104 cm³/mol. The fraction of sp³-hybridized carbons (Fsp3) is 0.350. The van der Waals surface area contributed by atoms with Crippen LogP contribution in [0.25, 0.3) is 0 Å². The van der Waals surface area contributed by atoms with E-state index in [1.54, 1.807) is 28.4 Å². The van der Waals surface area contributed by atoms with Gasteiger partial charge in [0.15, 0.2) is 0 Å². The van der Waals surface area contributed by atoms with Crippen LogP contribution in [0.2, 0.25) is 0 Å². The lowest BCUT2D eigenvalue weighted by molar-refractivity contribution is 0.102. The van der Waals surface area contributed by atoms with E-state index in [0.717, 1.165) is 29.3 Å². The molecule has 1 amide bonds. The van der Waals surface area contributed by atoms with Crippen LogP contribution in [0, 0.1) is 5.92 Å². The first-order chi connectivity index (χ1) is 12.7. The van der Waals surface area contributed by atoms with Crippen molar-refractivity contribution in [2.45, 2.75) is 39.2 Å². The number of hydrogen-bond acceptors (Lipinski definition) is 4. The largest absolute Gasteiger partial charge is 0.306 e. The summed E-state index contributed by atoms with van der Waals surface area (Å²) < 4.78 is 1.76.